The summed E-state index contributed by atoms with van der Waals surface area (Å²) in [6.07, 6.45) is 3.08. The maximum Gasteiger partial charge on any atom is 0.240 e. The number of aromatic nitrogens is 1. The number of sulfonamides is 1. The molecular formula is C23H30N4O4S. The summed E-state index contributed by atoms with van der Waals surface area (Å²) in [5.41, 5.74) is 2.38. The van der Waals surface area contributed by atoms with Gasteiger partial charge in [0, 0.05) is 32.3 Å². The second kappa shape index (κ2) is 10.2. The number of pyridine rings is 1. The zero-order valence-electron chi connectivity index (χ0n) is 18.7. The third-order valence-electron chi connectivity index (χ3n) is 5.66. The fourth-order valence-corrected chi connectivity index (χ4v) is 5.14. The lowest BCUT2D eigenvalue weighted by atomic mass is 9.96. The van der Waals surface area contributed by atoms with E-state index in [0.717, 1.165) is 17.5 Å². The number of carbonyl (C=O) groups is 2. The van der Waals surface area contributed by atoms with E-state index in [2.05, 4.69) is 15.0 Å². The van der Waals surface area contributed by atoms with Crippen LogP contribution < -0.4 is 10.0 Å². The molecule has 1 unspecified atom stereocenters. The first-order chi connectivity index (χ1) is 15.2. The number of hydrogen-bond donors (Lipinski definition) is 2. The smallest absolute Gasteiger partial charge is 0.240 e. The number of rotatable bonds is 7. The maximum absolute atomic E-state index is 12.7. The Morgan fingerprint density at radius 1 is 1.16 bits per heavy atom. The molecule has 2 heterocycles. The number of nitrogens with zero attached hydrogens (tertiary/aromatic N) is 2. The van der Waals surface area contributed by atoms with Crippen LogP contribution in [0.15, 0.2) is 41.4 Å². The van der Waals surface area contributed by atoms with Gasteiger partial charge in [0.05, 0.1) is 10.8 Å². The summed E-state index contributed by atoms with van der Waals surface area (Å²) in [7, 11) is -3.69. The van der Waals surface area contributed by atoms with Crippen molar-refractivity contribution in [3.8, 4) is 0 Å². The molecule has 172 valence electrons. The molecule has 8 nitrogen and oxygen atoms in total. The highest BCUT2D eigenvalue weighted by Gasteiger charge is 2.29. The Balaban J connectivity index is 1.53. The highest BCUT2D eigenvalue weighted by molar-refractivity contribution is 7.89. The number of hydrogen-bond acceptors (Lipinski definition) is 5. The minimum absolute atomic E-state index is 0.00897. The lowest BCUT2D eigenvalue weighted by Crippen LogP contribution is -2.44. The van der Waals surface area contributed by atoms with E-state index in [9.17, 15) is 18.0 Å². The van der Waals surface area contributed by atoms with Crippen molar-refractivity contribution in [1.82, 2.24) is 14.6 Å². The van der Waals surface area contributed by atoms with E-state index >= 15 is 0 Å². The standard InChI is InChI=1S/C23H30N4O4S/c1-16-8-9-17(2)20(14-16)32(30,31)25-12-10-21(28)27-13-5-7-19(15-27)23(29)26-22-18(3)6-4-11-24-22/h4,6,8-9,11,14,19,25H,5,7,10,12-13,15H2,1-3H3,(H,24,26,29). The van der Waals surface area contributed by atoms with Gasteiger partial charge in [0.25, 0.3) is 0 Å². The van der Waals surface area contributed by atoms with Crippen LogP contribution in [0.3, 0.4) is 0 Å². The van der Waals surface area contributed by atoms with E-state index in [1.54, 1.807) is 36.2 Å². The first-order valence-corrected chi connectivity index (χ1v) is 12.2. The predicted molar refractivity (Wildman–Crippen MR) is 123 cm³/mol. The molecule has 1 fully saturated rings. The van der Waals surface area contributed by atoms with Crippen molar-refractivity contribution < 1.29 is 18.0 Å². The molecule has 0 radical (unpaired) electrons. The number of carbonyl (C=O) groups excluding carboxylic acids is 2. The Kier molecular flexibility index (Phi) is 7.63. The highest BCUT2D eigenvalue weighted by Crippen LogP contribution is 2.20. The van der Waals surface area contributed by atoms with Gasteiger partial charge in [-0.15, -0.1) is 0 Å². The van der Waals surface area contributed by atoms with Crippen molar-refractivity contribution >= 4 is 27.7 Å². The first-order valence-electron chi connectivity index (χ1n) is 10.7. The van der Waals surface area contributed by atoms with Crippen LogP contribution >= 0.6 is 0 Å². The Morgan fingerprint density at radius 2 is 1.94 bits per heavy atom. The van der Waals surface area contributed by atoms with Crippen molar-refractivity contribution in [2.24, 2.45) is 5.92 Å². The lowest BCUT2D eigenvalue weighted by molar-refractivity contribution is -0.134. The van der Waals surface area contributed by atoms with Gasteiger partial charge in [0.1, 0.15) is 5.82 Å². The number of amides is 2. The number of likely N-dealkylation sites (tertiary alicyclic amines) is 1. The Bertz CT molecular complexity index is 1100. The van der Waals surface area contributed by atoms with Gasteiger partial charge in [-0.2, -0.15) is 0 Å². The van der Waals surface area contributed by atoms with Crippen molar-refractivity contribution in [2.75, 3.05) is 25.0 Å². The maximum atomic E-state index is 12.7. The van der Waals surface area contributed by atoms with E-state index in [1.807, 2.05) is 26.0 Å². The number of benzene rings is 1. The average molecular weight is 459 g/mol. The van der Waals surface area contributed by atoms with Crippen LogP contribution in [0.1, 0.15) is 36.0 Å². The number of aryl methyl sites for hydroxylation is 3. The molecule has 3 rings (SSSR count). The third kappa shape index (κ3) is 5.92. The summed E-state index contributed by atoms with van der Waals surface area (Å²) in [6, 6.07) is 8.92. The van der Waals surface area contributed by atoms with Crippen molar-refractivity contribution in [2.45, 2.75) is 44.9 Å². The molecule has 0 bridgehead atoms. The van der Waals surface area contributed by atoms with Gasteiger partial charge < -0.3 is 10.2 Å². The molecule has 0 saturated carbocycles. The molecule has 1 atom stereocenters. The van der Waals surface area contributed by atoms with Gasteiger partial charge in [0.2, 0.25) is 21.8 Å². The fourth-order valence-electron chi connectivity index (χ4n) is 3.78. The molecule has 0 spiro atoms. The summed E-state index contributed by atoms with van der Waals surface area (Å²) < 4.78 is 27.7. The molecule has 2 amide bonds. The monoisotopic (exact) mass is 458 g/mol. The normalized spacial score (nSPS) is 16.6. The largest absolute Gasteiger partial charge is 0.342 e. The summed E-state index contributed by atoms with van der Waals surface area (Å²) in [6.45, 7) is 6.34. The average Bonchev–Trinajstić information content (AvgIpc) is 2.76. The van der Waals surface area contributed by atoms with Gasteiger partial charge in [-0.25, -0.2) is 18.1 Å². The Hall–Kier alpha value is -2.78. The predicted octanol–water partition coefficient (Wildman–Crippen LogP) is 2.55. The molecule has 1 saturated heterocycles. The van der Waals surface area contributed by atoms with E-state index in [1.165, 1.54) is 0 Å². The van der Waals surface area contributed by atoms with Crippen LogP contribution in [0.2, 0.25) is 0 Å². The van der Waals surface area contributed by atoms with Gasteiger partial charge in [-0.1, -0.05) is 18.2 Å². The minimum Gasteiger partial charge on any atom is -0.342 e. The quantitative estimate of drug-likeness (QED) is 0.663. The van der Waals surface area contributed by atoms with Gasteiger partial charge in [0.15, 0.2) is 0 Å². The zero-order chi connectivity index (χ0) is 23.3. The molecule has 0 aliphatic carbocycles. The van der Waals surface area contributed by atoms with Crippen LogP contribution in [-0.4, -0.2) is 49.8 Å². The first kappa shape index (κ1) is 23.9. The van der Waals surface area contributed by atoms with E-state index < -0.39 is 10.0 Å². The molecule has 9 heteroatoms. The van der Waals surface area contributed by atoms with Crippen LogP contribution in [0.25, 0.3) is 0 Å². The van der Waals surface area contributed by atoms with Crippen LogP contribution in [-0.2, 0) is 19.6 Å². The molecule has 1 aromatic heterocycles. The van der Waals surface area contributed by atoms with E-state index in [4.69, 9.17) is 0 Å². The second-order valence-electron chi connectivity index (χ2n) is 8.25. The lowest BCUT2D eigenvalue weighted by Gasteiger charge is -2.32. The number of nitrogens with one attached hydrogen (secondary N) is 2. The Labute approximate surface area is 189 Å². The summed E-state index contributed by atoms with van der Waals surface area (Å²) in [4.78, 5) is 31.4. The summed E-state index contributed by atoms with van der Waals surface area (Å²) >= 11 is 0. The molecule has 2 aromatic rings. The van der Waals surface area contributed by atoms with Gasteiger partial charge in [-0.05, 0) is 62.4 Å². The van der Waals surface area contributed by atoms with E-state index in [0.29, 0.717) is 30.9 Å². The van der Waals surface area contributed by atoms with E-state index in [-0.39, 0.29) is 35.6 Å². The van der Waals surface area contributed by atoms with Crippen molar-refractivity contribution in [3.63, 3.8) is 0 Å². The van der Waals surface area contributed by atoms with Crippen LogP contribution in [0.4, 0.5) is 5.82 Å². The van der Waals surface area contributed by atoms with Crippen LogP contribution in [0, 0.1) is 26.7 Å². The topological polar surface area (TPSA) is 108 Å². The van der Waals surface area contributed by atoms with Gasteiger partial charge in [-0.3, -0.25) is 9.59 Å². The minimum atomic E-state index is -3.69. The van der Waals surface area contributed by atoms with Gasteiger partial charge >= 0.3 is 0 Å². The third-order valence-corrected chi connectivity index (χ3v) is 7.26. The molecule has 32 heavy (non-hydrogen) atoms. The number of anilines is 1. The summed E-state index contributed by atoms with van der Waals surface area (Å²) in [5, 5.41) is 2.85. The van der Waals surface area contributed by atoms with Crippen LogP contribution in [0.5, 0.6) is 0 Å². The van der Waals surface area contributed by atoms with Crippen molar-refractivity contribution in [1.29, 1.82) is 0 Å². The molecule has 1 aliphatic rings. The summed E-state index contributed by atoms with van der Waals surface area (Å²) in [5.74, 6) is -0.109. The molecule has 1 aliphatic heterocycles. The molecule has 2 N–H and O–H groups in total. The highest BCUT2D eigenvalue weighted by atomic mass is 32.2. The fraction of sp³-hybridized carbons (Fsp3) is 0.435. The molecular weight excluding hydrogens is 428 g/mol. The SMILES string of the molecule is Cc1ccc(C)c(S(=O)(=O)NCCC(=O)N2CCCC(C(=O)Nc3ncccc3C)C2)c1. The molecule has 1 aromatic carbocycles. The Morgan fingerprint density at radius 3 is 2.69 bits per heavy atom. The second-order valence-corrected chi connectivity index (χ2v) is 9.99. The zero-order valence-corrected chi connectivity index (χ0v) is 19.5. The van der Waals surface area contributed by atoms with Crippen molar-refractivity contribution in [3.05, 3.63) is 53.2 Å². The number of piperidine rings is 1.